The molecule has 0 unspecified atom stereocenters. The second kappa shape index (κ2) is 4.86. The van der Waals surface area contributed by atoms with Crippen LogP contribution >= 0.6 is 0 Å². The number of carbonyl (C=O) groups excluding carboxylic acids is 1. The van der Waals surface area contributed by atoms with Crippen molar-refractivity contribution < 1.29 is 28.0 Å². The Hall–Kier alpha value is -2.77. The summed E-state index contributed by atoms with van der Waals surface area (Å²) < 4.78 is 32.3. The van der Waals surface area contributed by atoms with Crippen LogP contribution in [0.25, 0.3) is 11.3 Å². The van der Waals surface area contributed by atoms with Crippen LogP contribution in [0.5, 0.6) is 0 Å². The molecule has 1 aromatic heterocycles. The average molecular weight is 334 g/mol. The van der Waals surface area contributed by atoms with Gasteiger partial charge in [-0.1, -0.05) is 11.2 Å². The molecule has 124 valence electrons. The lowest BCUT2D eigenvalue weighted by atomic mass is 9.80. The zero-order valence-corrected chi connectivity index (χ0v) is 12.3. The number of aromatic nitrogens is 1. The molecule has 0 radical (unpaired) electrons. The van der Waals surface area contributed by atoms with Crippen LogP contribution in [0.2, 0.25) is 0 Å². The Morgan fingerprint density at radius 2 is 2.00 bits per heavy atom. The maximum Gasteiger partial charge on any atom is 0.310 e. The number of aliphatic carboxylic acids is 1. The van der Waals surface area contributed by atoms with E-state index in [0.29, 0.717) is 12.8 Å². The van der Waals surface area contributed by atoms with Crippen LogP contribution in [0.3, 0.4) is 0 Å². The summed E-state index contributed by atoms with van der Waals surface area (Å²) in [4.78, 5) is 23.2. The fourth-order valence-corrected chi connectivity index (χ4v) is 3.44. The van der Waals surface area contributed by atoms with Crippen LogP contribution in [0, 0.1) is 23.0 Å². The van der Waals surface area contributed by atoms with Gasteiger partial charge in [0, 0.05) is 12.1 Å². The molecule has 1 aromatic carbocycles. The molecule has 24 heavy (non-hydrogen) atoms. The van der Waals surface area contributed by atoms with Gasteiger partial charge in [-0.05, 0) is 30.9 Å². The van der Waals surface area contributed by atoms with Crippen molar-refractivity contribution >= 4 is 11.9 Å². The molecule has 1 heterocycles. The molecule has 2 fully saturated rings. The van der Waals surface area contributed by atoms with E-state index >= 15 is 0 Å². The van der Waals surface area contributed by atoms with E-state index in [-0.39, 0.29) is 29.0 Å². The third-order valence-corrected chi connectivity index (χ3v) is 4.90. The van der Waals surface area contributed by atoms with Crippen LogP contribution in [0.15, 0.2) is 28.8 Å². The molecule has 2 aliphatic carbocycles. The molecule has 8 heteroatoms. The topological polar surface area (TPSA) is 92.4 Å². The number of rotatable bonds is 4. The van der Waals surface area contributed by atoms with Gasteiger partial charge in [0.05, 0.1) is 11.0 Å². The molecule has 0 bridgehead atoms. The molecule has 1 amide bonds. The molecule has 2 N–H and O–H groups in total. The summed E-state index contributed by atoms with van der Waals surface area (Å²) in [7, 11) is 0. The molecule has 2 aliphatic rings. The van der Waals surface area contributed by atoms with Gasteiger partial charge in [0.2, 0.25) is 5.76 Å². The smallest absolute Gasteiger partial charge is 0.310 e. The van der Waals surface area contributed by atoms with Gasteiger partial charge in [-0.2, -0.15) is 0 Å². The number of fused-ring (bicyclic) bond motifs is 1. The van der Waals surface area contributed by atoms with Gasteiger partial charge < -0.3 is 14.9 Å². The molecule has 2 saturated carbocycles. The Bertz CT molecular complexity index is 845. The summed E-state index contributed by atoms with van der Waals surface area (Å²) in [5, 5.41) is 15.3. The van der Waals surface area contributed by atoms with Crippen molar-refractivity contribution in [3.05, 3.63) is 41.7 Å². The average Bonchev–Trinajstić information content (AvgIpc) is 2.89. The third kappa shape index (κ3) is 2.02. The Morgan fingerprint density at radius 3 is 2.58 bits per heavy atom. The van der Waals surface area contributed by atoms with Gasteiger partial charge in [-0.15, -0.1) is 0 Å². The van der Waals surface area contributed by atoms with Gasteiger partial charge in [-0.3, -0.25) is 9.59 Å². The predicted molar refractivity (Wildman–Crippen MR) is 75.9 cm³/mol. The third-order valence-electron chi connectivity index (χ3n) is 4.90. The molecule has 3 atom stereocenters. The zero-order valence-electron chi connectivity index (χ0n) is 12.3. The molecule has 0 saturated heterocycles. The Morgan fingerprint density at radius 1 is 1.29 bits per heavy atom. The van der Waals surface area contributed by atoms with Gasteiger partial charge in [-0.25, -0.2) is 8.78 Å². The molecule has 0 aliphatic heterocycles. The number of amides is 1. The van der Waals surface area contributed by atoms with Crippen molar-refractivity contribution in [3.63, 3.8) is 0 Å². The van der Waals surface area contributed by atoms with E-state index in [4.69, 9.17) is 9.63 Å². The number of benzene rings is 1. The largest absolute Gasteiger partial charge is 0.481 e. The van der Waals surface area contributed by atoms with Crippen molar-refractivity contribution in [2.24, 2.45) is 11.3 Å². The van der Waals surface area contributed by atoms with Crippen LogP contribution < -0.4 is 5.32 Å². The second-order valence-electron chi connectivity index (χ2n) is 6.23. The summed E-state index contributed by atoms with van der Waals surface area (Å²) in [5.41, 5.74) is -1.16. The number of carboxylic acids is 1. The molecular weight excluding hydrogens is 322 g/mol. The lowest BCUT2D eigenvalue weighted by Crippen LogP contribution is -2.48. The SMILES string of the molecule is O=C(N[C@@H]1C[C@@]2(C(=O)O)C[C@@H]12)c1cc(-c2c(F)cccc2F)no1. The van der Waals surface area contributed by atoms with Crippen LogP contribution in [-0.2, 0) is 4.79 Å². The quantitative estimate of drug-likeness (QED) is 0.894. The summed E-state index contributed by atoms with van der Waals surface area (Å²) in [5.74, 6) is -3.28. The van der Waals surface area contributed by atoms with Crippen molar-refractivity contribution in [2.45, 2.75) is 18.9 Å². The van der Waals surface area contributed by atoms with E-state index < -0.39 is 28.9 Å². The Balaban J connectivity index is 1.48. The van der Waals surface area contributed by atoms with E-state index in [1.807, 2.05) is 0 Å². The summed E-state index contributed by atoms with van der Waals surface area (Å²) in [6, 6.07) is 4.32. The summed E-state index contributed by atoms with van der Waals surface area (Å²) in [6.45, 7) is 0. The fourth-order valence-electron chi connectivity index (χ4n) is 3.44. The highest BCUT2D eigenvalue weighted by molar-refractivity contribution is 5.93. The summed E-state index contributed by atoms with van der Waals surface area (Å²) >= 11 is 0. The van der Waals surface area contributed by atoms with Gasteiger partial charge in [0.15, 0.2) is 0 Å². The van der Waals surface area contributed by atoms with Crippen molar-refractivity contribution in [1.82, 2.24) is 10.5 Å². The second-order valence-corrected chi connectivity index (χ2v) is 6.23. The van der Waals surface area contributed by atoms with E-state index in [0.717, 1.165) is 18.2 Å². The fraction of sp³-hybridized carbons (Fsp3) is 0.312. The van der Waals surface area contributed by atoms with Crippen LogP contribution in [0.4, 0.5) is 8.78 Å². The van der Waals surface area contributed by atoms with E-state index in [1.165, 1.54) is 6.07 Å². The van der Waals surface area contributed by atoms with Crippen molar-refractivity contribution in [2.75, 3.05) is 0 Å². The minimum Gasteiger partial charge on any atom is -0.481 e. The minimum atomic E-state index is -0.838. The molecule has 4 rings (SSSR count). The highest BCUT2D eigenvalue weighted by atomic mass is 19.1. The first-order chi connectivity index (χ1) is 11.4. The lowest BCUT2D eigenvalue weighted by Gasteiger charge is -2.31. The normalized spacial score (nSPS) is 27.1. The van der Waals surface area contributed by atoms with Crippen LogP contribution in [-0.4, -0.2) is 28.2 Å². The van der Waals surface area contributed by atoms with E-state index in [9.17, 15) is 18.4 Å². The minimum absolute atomic E-state index is 0.0645. The Labute approximate surface area is 134 Å². The first-order valence-corrected chi connectivity index (χ1v) is 7.38. The first-order valence-electron chi connectivity index (χ1n) is 7.38. The molecule has 0 spiro atoms. The van der Waals surface area contributed by atoms with Crippen LogP contribution in [0.1, 0.15) is 23.4 Å². The molecule has 6 nitrogen and oxygen atoms in total. The number of nitrogens with zero attached hydrogens (tertiary/aromatic N) is 1. The lowest BCUT2D eigenvalue weighted by molar-refractivity contribution is -0.147. The number of nitrogens with one attached hydrogen (secondary N) is 1. The number of halogens is 2. The van der Waals surface area contributed by atoms with E-state index in [2.05, 4.69) is 10.5 Å². The van der Waals surface area contributed by atoms with E-state index in [1.54, 1.807) is 0 Å². The van der Waals surface area contributed by atoms with Crippen molar-refractivity contribution in [1.29, 1.82) is 0 Å². The maximum atomic E-state index is 13.7. The van der Waals surface area contributed by atoms with Crippen molar-refractivity contribution in [3.8, 4) is 11.3 Å². The molecule has 2 aromatic rings. The number of carbonyl (C=O) groups is 2. The van der Waals surface area contributed by atoms with Gasteiger partial charge in [0.1, 0.15) is 17.3 Å². The number of carboxylic acid groups (broad SMARTS) is 1. The maximum absolute atomic E-state index is 13.7. The zero-order chi connectivity index (χ0) is 17.1. The van der Waals surface area contributed by atoms with Gasteiger partial charge >= 0.3 is 5.97 Å². The highest BCUT2D eigenvalue weighted by Crippen LogP contribution is 2.67. The predicted octanol–water partition coefficient (Wildman–Crippen LogP) is 2.21. The highest BCUT2D eigenvalue weighted by Gasteiger charge is 2.72. The number of hydrogen-bond donors (Lipinski definition) is 2. The molecular formula is C16H12F2N2O4. The van der Waals surface area contributed by atoms with Gasteiger partial charge in [0.25, 0.3) is 5.91 Å². The summed E-state index contributed by atoms with van der Waals surface area (Å²) in [6.07, 6.45) is 0.928. The standard InChI is InChI=1S/C16H12F2N2O4/c17-8-2-1-3-9(18)13(8)10-4-12(24-20-10)14(21)19-11-6-16(15(22)23)5-7(11)16/h1-4,7,11H,5-6H2,(H,19,21)(H,22,23)/t7-,11+,16-/m0/s1. The monoisotopic (exact) mass is 334 g/mol. The number of hydrogen-bond acceptors (Lipinski definition) is 4. The Kier molecular flexibility index (Phi) is 3.00. The first kappa shape index (κ1) is 14.8.